The van der Waals surface area contributed by atoms with Gasteiger partial charge in [-0.05, 0) is 44.0 Å². The number of hydrogen-bond donors (Lipinski definition) is 2. The third kappa shape index (κ3) is 5.36. The maximum atomic E-state index is 10.9. The molecular weight excluding hydrogens is 524 g/mol. The number of aromatic amines is 1. The Morgan fingerprint density at radius 1 is 0.925 bits per heavy atom. The van der Waals surface area contributed by atoms with E-state index in [-0.39, 0.29) is 5.69 Å². The molecule has 2 aromatic heterocycles. The van der Waals surface area contributed by atoms with Crippen LogP contribution in [-0.2, 0) is 0 Å². The lowest BCUT2D eigenvalue weighted by Gasteiger charge is -2.08. The van der Waals surface area contributed by atoms with Crippen LogP contribution in [0.4, 0.5) is 16.4 Å². The molecule has 0 atom stereocenters. The van der Waals surface area contributed by atoms with Crippen LogP contribution in [0.5, 0.6) is 0 Å². The smallest absolute Gasteiger partial charge is 0.269 e. The molecule has 10 nitrogen and oxygen atoms in total. The largest absolute Gasteiger partial charge is 0.358 e. The molecule has 3 N–H and O–H groups in total. The summed E-state index contributed by atoms with van der Waals surface area (Å²) in [7, 11) is 0. The number of nitrogens with one attached hydrogen (secondary N) is 1. The average molecular weight is 551 g/mol. The average Bonchev–Trinajstić information content (AvgIpc) is 3.47. The summed E-state index contributed by atoms with van der Waals surface area (Å²) in [6, 6.07) is 26.2. The number of benzene rings is 3. The molecule has 0 unspecified atom stereocenters. The number of azo groups is 1. The van der Waals surface area contributed by atoms with Crippen molar-refractivity contribution in [2.75, 3.05) is 5.84 Å². The zero-order valence-electron chi connectivity index (χ0n) is 22.1. The van der Waals surface area contributed by atoms with E-state index in [1.54, 1.807) is 0 Å². The van der Waals surface area contributed by atoms with Gasteiger partial charge in [0.25, 0.3) is 5.69 Å². The van der Waals surface area contributed by atoms with E-state index in [1.807, 2.05) is 57.2 Å². The van der Waals surface area contributed by atoms with Gasteiger partial charge in [-0.1, -0.05) is 72.0 Å². The molecule has 0 aliphatic carbocycles. The molecule has 3 aromatic carbocycles. The number of nitrogen functional groups attached to an aromatic ring is 1. The molecule has 2 heterocycles. The number of thiazole rings is 1. The zero-order valence-corrected chi connectivity index (χ0v) is 22.9. The molecule has 200 valence electrons. The molecule has 0 radical (unpaired) electrons. The Morgan fingerprint density at radius 3 is 2.17 bits per heavy atom. The van der Waals surface area contributed by atoms with Gasteiger partial charge in [0.2, 0.25) is 4.80 Å². The van der Waals surface area contributed by atoms with Crippen molar-refractivity contribution < 1.29 is 4.92 Å². The molecule has 0 aliphatic heterocycles. The number of non-ortho nitro benzene ring substituents is 1. The molecule has 0 saturated carbocycles. The lowest BCUT2D eigenvalue weighted by molar-refractivity contribution is -0.384. The molecule has 0 spiro atoms. The minimum Gasteiger partial charge on any atom is -0.358 e. The molecule has 5 aromatic rings. The number of nitrogens with two attached hydrogens (primary N) is 1. The lowest BCUT2D eigenvalue weighted by atomic mass is 9.95. The van der Waals surface area contributed by atoms with E-state index in [4.69, 9.17) is 5.84 Å². The Kier molecular flexibility index (Phi) is 7.47. The number of nitrogens with zero attached hydrogens (tertiary/aromatic N) is 6. The van der Waals surface area contributed by atoms with Crippen LogP contribution in [0, 0.1) is 24.0 Å². The summed E-state index contributed by atoms with van der Waals surface area (Å²) in [5, 5.41) is 28.9. The number of aryl methyl sites for hydroxylation is 1. The second-order valence-electron chi connectivity index (χ2n) is 9.01. The number of rotatable bonds is 7. The van der Waals surface area contributed by atoms with E-state index in [0.717, 1.165) is 39.4 Å². The Labute approximate surface area is 234 Å². The molecule has 40 heavy (non-hydrogen) atoms. The van der Waals surface area contributed by atoms with Gasteiger partial charge < -0.3 is 10.8 Å². The van der Waals surface area contributed by atoms with Crippen LogP contribution in [0.3, 0.4) is 0 Å². The molecule has 0 aliphatic rings. The van der Waals surface area contributed by atoms with Crippen LogP contribution < -0.4 is 10.6 Å². The van der Waals surface area contributed by atoms with E-state index < -0.39 is 4.92 Å². The fourth-order valence-electron chi connectivity index (χ4n) is 4.32. The van der Waals surface area contributed by atoms with Gasteiger partial charge in [-0.3, -0.25) is 10.1 Å². The summed E-state index contributed by atoms with van der Waals surface area (Å²) in [6.45, 7) is 5.77. The summed E-state index contributed by atoms with van der Waals surface area (Å²) in [4.78, 5) is 14.4. The van der Waals surface area contributed by atoms with Crippen LogP contribution in [0.25, 0.3) is 22.4 Å². The second kappa shape index (κ2) is 11.3. The molecule has 0 bridgehead atoms. The zero-order chi connectivity index (χ0) is 28.2. The fourth-order valence-corrected chi connectivity index (χ4v) is 5.14. The first-order valence-electron chi connectivity index (χ1n) is 12.4. The number of nitro groups is 1. The van der Waals surface area contributed by atoms with Crippen molar-refractivity contribution in [1.82, 2.24) is 9.66 Å². The lowest BCUT2D eigenvalue weighted by Crippen LogP contribution is -2.23. The predicted molar refractivity (Wildman–Crippen MR) is 159 cm³/mol. The van der Waals surface area contributed by atoms with Crippen LogP contribution in [0.15, 0.2) is 105 Å². The Hall–Kier alpha value is -5.16. The quantitative estimate of drug-likeness (QED) is 0.0728. The second-order valence-corrected chi connectivity index (χ2v) is 9.97. The highest BCUT2D eigenvalue weighted by Crippen LogP contribution is 2.37. The third-order valence-electron chi connectivity index (χ3n) is 6.34. The Bertz CT molecular complexity index is 1800. The first kappa shape index (κ1) is 26.4. The number of nitro benzene ring substituents is 1. The van der Waals surface area contributed by atoms with Crippen molar-refractivity contribution in [3.63, 3.8) is 0 Å². The highest BCUT2D eigenvalue weighted by Gasteiger charge is 2.20. The van der Waals surface area contributed by atoms with Crippen molar-refractivity contribution in [3.05, 3.63) is 117 Å². The van der Waals surface area contributed by atoms with Gasteiger partial charge in [0.15, 0.2) is 5.00 Å². The highest BCUT2D eigenvalue weighted by atomic mass is 32.1. The van der Waals surface area contributed by atoms with E-state index in [2.05, 4.69) is 49.7 Å². The minimum atomic E-state index is -0.460. The van der Waals surface area contributed by atoms with Crippen molar-refractivity contribution in [2.45, 2.75) is 20.8 Å². The molecule has 11 heteroatoms. The molecule has 0 saturated heterocycles. The molecule has 0 fully saturated rings. The maximum absolute atomic E-state index is 10.9. The summed E-state index contributed by atoms with van der Waals surface area (Å²) >= 11 is 1.25. The first-order valence-corrected chi connectivity index (χ1v) is 13.2. The fraction of sp³-hybridized carbons (Fsp3) is 0.103. The van der Waals surface area contributed by atoms with Crippen molar-refractivity contribution in [1.29, 1.82) is 0 Å². The Balaban J connectivity index is 1.52. The van der Waals surface area contributed by atoms with Crippen LogP contribution >= 0.6 is 11.3 Å². The Morgan fingerprint density at radius 2 is 1.55 bits per heavy atom. The highest BCUT2D eigenvalue weighted by molar-refractivity contribution is 7.13. The van der Waals surface area contributed by atoms with E-state index >= 15 is 0 Å². The standard InChI is InChI=1S/C29H26N8O2S/c1-18-25(26(21-10-6-4-7-11-21)27(31-18)22-12-8-5-9-13-22)19(2)32-35-29-36(30)20(3)28(40-29)34-33-23-14-16-24(17-15-23)37(38)39/h4-17,31H,30H2,1-3H3. The maximum Gasteiger partial charge on any atom is 0.269 e. The summed E-state index contributed by atoms with van der Waals surface area (Å²) in [5.74, 6) is 6.26. The minimum absolute atomic E-state index is 0.00987. The van der Waals surface area contributed by atoms with Crippen LogP contribution in [0.2, 0.25) is 0 Å². The summed E-state index contributed by atoms with van der Waals surface area (Å²) < 4.78 is 1.42. The molecule has 5 rings (SSSR count). The normalized spacial score (nSPS) is 12.4. The van der Waals surface area contributed by atoms with Gasteiger partial charge in [-0.15, -0.1) is 15.3 Å². The number of aromatic nitrogens is 2. The monoisotopic (exact) mass is 550 g/mol. The van der Waals surface area contributed by atoms with Crippen LogP contribution in [-0.4, -0.2) is 20.3 Å². The van der Waals surface area contributed by atoms with Gasteiger partial charge in [-0.2, -0.15) is 5.10 Å². The van der Waals surface area contributed by atoms with E-state index in [1.165, 1.54) is 40.3 Å². The number of hydrogen-bond acceptors (Lipinski definition) is 8. The number of H-pyrrole nitrogens is 1. The van der Waals surface area contributed by atoms with E-state index in [9.17, 15) is 10.1 Å². The predicted octanol–water partition coefficient (Wildman–Crippen LogP) is 7.19. The van der Waals surface area contributed by atoms with Gasteiger partial charge in [0.05, 0.1) is 27.7 Å². The summed E-state index contributed by atoms with van der Waals surface area (Å²) in [6.07, 6.45) is 0. The van der Waals surface area contributed by atoms with Crippen molar-refractivity contribution in [2.24, 2.45) is 20.4 Å². The van der Waals surface area contributed by atoms with Gasteiger partial charge in [0, 0.05) is 29.0 Å². The van der Waals surface area contributed by atoms with Gasteiger partial charge >= 0.3 is 0 Å². The van der Waals surface area contributed by atoms with E-state index in [0.29, 0.717) is 21.2 Å². The van der Waals surface area contributed by atoms with Gasteiger partial charge in [-0.25, -0.2) is 4.68 Å². The van der Waals surface area contributed by atoms with Crippen LogP contribution in [0.1, 0.15) is 23.9 Å². The topological polar surface area (TPSA) is 139 Å². The van der Waals surface area contributed by atoms with Crippen molar-refractivity contribution >= 4 is 33.4 Å². The SMILES string of the molecule is CC(=NN=c1sc(N=Nc2ccc([N+](=O)[O-])cc2)c(C)n1N)c1c(C)[nH]c(-c2ccccc2)c1-c1ccccc1. The molecular formula is C29H26N8O2S. The third-order valence-corrected chi connectivity index (χ3v) is 7.37. The molecule has 0 amide bonds. The first-order chi connectivity index (χ1) is 19.3. The van der Waals surface area contributed by atoms with Gasteiger partial charge in [0.1, 0.15) is 0 Å². The summed E-state index contributed by atoms with van der Waals surface area (Å²) in [5.41, 5.74) is 8.06. The van der Waals surface area contributed by atoms with Crippen molar-refractivity contribution in [3.8, 4) is 22.4 Å².